The van der Waals surface area contributed by atoms with Gasteiger partial charge < -0.3 is 15.1 Å². The number of hydrogen-bond acceptors (Lipinski definition) is 4. The Morgan fingerprint density at radius 1 is 0.963 bits per heavy atom. The number of fused-ring (bicyclic) bond motifs is 1. The summed E-state index contributed by atoms with van der Waals surface area (Å²) in [6.45, 7) is 3.84. The molecule has 0 unspecified atom stereocenters. The third kappa shape index (κ3) is 3.87. The van der Waals surface area contributed by atoms with Crippen molar-refractivity contribution in [1.82, 2.24) is 10.2 Å². The van der Waals surface area contributed by atoms with Crippen molar-refractivity contribution in [2.45, 2.75) is 11.3 Å². The number of benzene rings is 2. The van der Waals surface area contributed by atoms with Crippen LogP contribution in [0.1, 0.15) is 15.9 Å². The quantitative estimate of drug-likeness (QED) is 0.827. The average Bonchev–Trinajstić information content (AvgIpc) is 3.17. The van der Waals surface area contributed by atoms with Gasteiger partial charge in [-0.3, -0.25) is 9.59 Å². The molecule has 2 amide bonds. The van der Waals surface area contributed by atoms with E-state index in [1.165, 1.54) is 17.3 Å². The van der Waals surface area contributed by atoms with E-state index in [0.29, 0.717) is 11.3 Å². The fourth-order valence-corrected chi connectivity index (χ4v) is 4.54. The molecule has 0 aliphatic carbocycles. The first-order valence-electron chi connectivity index (χ1n) is 9.34. The van der Waals surface area contributed by atoms with E-state index >= 15 is 0 Å². The van der Waals surface area contributed by atoms with E-state index in [4.69, 9.17) is 0 Å². The third-order valence-corrected chi connectivity index (χ3v) is 6.12. The van der Waals surface area contributed by atoms with Crippen LogP contribution in [0.4, 0.5) is 5.69 Å². The van der Waals surface area contributed by atoms with Crippen molar-refractivity contribution in [1.29, 1.82) is 0 Å². The van der Waals surface area contributed by atoms with Crippen LogP contribution in [0.15, 0.2) is 53.4 Å². The smallest absolute Gasteiger partial charge is 0.255 e. The first-order valence-corrected chi connectivity index (χ1v) is 10.3. The number of carbonyl (C=O) groups excluding carboxylic acids is 2. The van der Waals surface area contributed by atoms with Gasteiger partial charge in [-0.1, -0.05) is 30.3 Å². The zero-order valence-electron chi connectivity index (χ0n) is 15.2. The fraction of sp³-hybridized carbons (Fsp3) is 0.333. The molecule has 4 rings (SSSR count). The Kier molecular flexibility index (Phi) is 5.45. The molecule has 27 heavy (non-hydrogen) atoms. The first-order chi connectivity index (χ1) is 13.2. The van der Waals surface area contributed by atoms with Crippen molar-refractivity contribution in [3.05, 3.63) is 59.7 Å². The molecule has 0 aromatic heterocycles. The highest BCUT2D eigenvalue weighted by atomic mass is 32.2. The van der Waals surface area contributed by atoms with Crippen molar-refractivity contribution in [3.63, 3.8) is 0 Å². The molecule has 0 saturated carbocycles. The van der Waals surface area contributed by atoms with Crippen molar-refractivity contribution in [2.24, 2.45) is 0 Å². The molecule has 2 aliphatic rings. The van der Waals surface area contributed by atoms with Crippen LogP contribution < -0.4 is 10.2 Å². The molecule has 1 saturated heterocycles. The lowest BCUT2D eigenvalue weighted by atomic mass is 10.2. The second-order valence-electron chi connectivity index (χ2n) is 6.75. The van der Waals surface area contributed by atoms with Crippen LogP contribution in [-0.4, -0.2) is 55.2 Å². The van der Waals surface area contributed by atoms with Gasteiger partial charge in [0, 0.05) is 43.3 Å². The number of hydrogen-bond donors (Lipinski definition) is 1. The van der Waals surface area contributed by atoms with Crippen LogP contribution in [-0.2, 0) is 11.2 Å². The average molecular weight is 382 g/mol. The summed E-state index contributed by atoms with van der Waals surface area (Å²) < 4.78 is 0. The summed E-state index contributed by atoms with van der Waals surface area (Å²) in [5, 5.41) is 3.27. The normalized spacial score (nSPS) is 16.3. The van der Waals surface area contributed by atoms with Crippen LogP contribution in [0.25, 0.3) is 0 Å². The molecule has 1 fully saturated rings. The molecule has 140 valence electrons. The minimum Gasteiger partial charge on any atom is -0.336 e. The van der Waals surface area contributed by atoms with Gasteiger partial charge in [-0.2, -0.15) is 0 Å². The summed E-state index contributed by atoms with van der Waals surface area (Å²) in [6.07, 6.45) is 0.907. The standard InChI is InChI=1S/C21H23N3O2S/c25-20(24-12-9-16-5-1-3-7-18(16)24)15-27-19-8-4-2-6-17(19)21(26)23-13-10-22-11-14-23/h1-8,22H,9-15H2. The Bertz CT molecular complexity index is 849. The topological polar surface area (TPSA) is 52.7 Å². The zero-order chi connectivity index (χ0) is 18.6. The molecule has 2 aliphatic heterocycles. The summed E-state index contributed by atoms with van der Waals surface area (Å²) >= 11 is 1.45. The Balaban J connectivity index is 1.44. The van der Waals surface area contributed by atoms with Crippen molar-refractivity contribution >= 4 is 29.3 Å². The third-order valence-electron chi connectivity index (χ3n) is 5.06. The van der Waals surface area contributed by atoms with Gasteiger partial charge in [0.1, 0.15) is 0 Å². The van der Waals surface area contributed by atoms with Crippen LogP contribution in [0.2, 0.25) is 0 Å². The van der Waals surface area contributed by atoms with Crippen LogP contribution in [0.5, 0.6) is 0 Å². The summed E-state index contributed by atoms with van der Waals surface area (Å²) in [5.41, 5.74) is 2.94. The van der Waals surface area contributed by atoms with Gasteiger partial charge in [0.2, 0.25) is 5.91 Å². The van der Waals surface area contributed by atoms with E-state index in [2.05, 4.69) is 11.4 Å². The molecule has 1 N–H and O–H groups in total. The SMILES string of the molecule is O=C(c1ccccc1SCC(=O)N1CCc2ccccc21)N1CCNCC1. The Labute approximate surface area is 163 Å². The molecule has 0 bridgehead atoms. The second kappa shape index (κ2) is 8.15. The number of para-hydroxylation sites is 1. The lowest BCUT2D eigenvalue weighted by Crippen LogP contribution is -2.46. The predicted octanol–water partition coefficient (Wildman–Crippen LogP) is 2.41. The predicted molar refractivity (Wildman–Crippen MR) is 108 cm³/mol. The maximum atomic E-state index is 12.9. The van der Waals surface area contributed by atoms with Gasteiger partial charge in [-0.15, -0.1) is 11.8 Å². The van der Waals surface area contributed by atoms with Crippen molar-refractivity contribution in [2.75, 3.05) is 43.4 Å². The number of nitrogens with zero attached hydrogens (tertiary/aromatic N) is 2. The Morgan fingerprint density at radius 3 is 2.56 bits per heavy atom. The highest BCUT2D eigenvalue weighted by molar-refractivity contribution is 8.00. The zero-order valence-corrected chi connectivity index (χ0v) is 16.0. The van der Waals surface area contributed by atoms with Gasteiger partial charge in [0.05, 0.1) is 11.3 Å². The minimum atomic E-state index is 0.0542. The lowest BCUT2D eigenvalue weighted by Gasteiger charge is -2.28. The van der Waals surface area contributed by atoms with E-state index in [9.17, 15) is 9.59 Å². The highest BCUT2D eigenvalue weighted by Crippen LogP contribution is 2.30. The molecule has 2 heterocycles. The summed E-state index contributed by atoms with van der Waals surface area (Å²) in [5.74, 6) is 0.480. The Hall–Kier alpha value is -2.31. The second-order valence-corrected chi connectivity index (χ2v) is 7.77. The van der Waals surface area contributed by atoms with Gasteiger partial charge in [0.25, 0.3) is 5.91 Å². The van der Waals surface area contributed by atoms with Crippen molar-refractivity contribution < 1.29 is 9.59 Å². The summed E-state index contributed by atoms with van der Waals surface area (Å²) in [7, 11) is 0. The van der Waals surface area contributed by atoms with Gasteiger partial charge >= 0.3 is 0 Å². The summed E-state index contributed by atoms with van der Waals surface area (Å²) in [6, 6.07) is 15.7. The maximum absolute atomic E-state index is 12.9. The molecule has 5 nitrogen and oxygen atoms in total. The molecule has 0 radical (unpaired) electrons. The number of amides is 2. The van der Waals surface area contributed by atoms with E-state index in [1.807, 2.05) is 52.3 Å². The van der Waals surface area contributed by atoms with E-state index in [0.717, 1.165) is 49.7 Å². The van der Waals surface area contributed by atoms with Crippen molar-refractivity contribution in [3.8, 4) is 0 Å². The number of carbonyl (C=O) groups is 2. The van der Waals surface area contributed by atoms with Crippen LogP contribution >= 0.6 is 11.8 Å². The minimum absolute atomic E-state index is 0.0542. The monoisotopic (exact) mass is 381 g/mol. The van der Waals surface area contributed by atoms with E-state index in [-0.39, 0.29) is 11.8 Å². The molecule has 0 atom stereocenters. The molecule has 2 aromatic carbocycles. The van der Waals surface area contributed by atoms with Crippen LogP contribution in [0.3, 0.4) is 0 Å². The molecular formula is C21H23N3O2S. The fourth-order valence-electron chi connectivity index (χ4n) is 3.62. The van der Waals surface area contributed by atoms with Gasteiger partial charge in [0.15, 0.2) is 0 Å². The lowest BCUT2D eigenvalue weighted by molar-refractivity contribution is -0.116. The Morgan fingerprint density at radius 2 is 1.70 bits per heavy atom. The molecule has 0 spiro atoms. The highest BCUT2D eigenvalue weighted by Gasteiger charge is 2.25. The van der Waals surface area contributed by atoms with Gasteiger partial charge in [-0.25, -0.2) is 0 Å². The number of rotatable bonds is 4. The van der Waals surface area contributed by atoms with E-state index in [1.54, 1.807) is 0 Å². The first kappa shape index (κ1) is 18.1. The maximum Gasteiger partial charge on any atom is 0.255 e. The number of nitrogens with one attached hydrogen (secondary N) is 1. The number of piperazine rings is 1. The summed E-state index contributed by atoms with van der Waals surface area (Å²) in [4.78, 5) is 30.3. The number of thioether (sulfide) groups is 1. The number of anilines is 1. The largest absolute Gasteiger partial charge is 0.336 e. The van der Waals surface area contributed by atoms with Gasteiger partial charge in [-0.05, 0) is 30.2 Å². The van der Waals surface area contributed by atoms with Crippen LogP contribution in [0, 0.1) is 0 Å². The molecule has 6 heteroatoms. The molecule has 2 aromatic rings. The van der Waals surface area contributed by atoms with E-state index < -0.39 is 0 Å². The molecular weight excluding hydrogens is 358 g/mol.